The number of likely N-dealkylation sites (tertiary alicyclic amines) is 1. The topological polar surface area (TPSA) is 101 Å². The molecule has 0 atom stereocenters. The van der Waals surface area contributed by atoms with E-state index in [0.717, 1.165) is 55.5 Å². The molecule has 0 N–H and O–H groups in total. The van der Waals surface area contributed by atoms with Crippen molar-refractivity contribution in [2.75, 3.05) is 31.6 Å². The van der Waals surface area contributed by atoms with Gasteiger partial charge in [-0.3, -0.25) is 9.48 Å². The molecule has 9 nitrogen and oxygen atoms in total. The normalized spacial score (nSPS) is 26.0. The SMILES string of the molecule is COc1ccc(C23CCC(CN(C(=O)C4CCC(OC(=O)N5CC(C#N)C5)CC4)c4ccc(F)c(-c5cnn(C(C)C)c5)c4)(CC2)CC3)cc1C. The van der Waals surface area contributed by atoms with E-state index in [1.807, 2.05) is 35.7 Å². The van der Waals surface area contributed by atoms with E-state index in [-0.39, 0.29) is 52.6 Å². The van der Waals surface area contributed by atoms with Crippen molar-refractivity contribution in [2.45, 2.75) is 103 Å². The summed E-state index contributed by atoms with van der Waals surface area (Å²) in [6.45, 7) is 7.61. The van der Waals surface area contributed by atoms with Crippen LogP contribution in [0, 0.1) is 41.3 Å². The van der Waals surface area contributed by atoms with E-state index in [9.17, 15) is 9.59 Å². The highest BCUT2D eigenvalue weighted by molar-refractivity contribution is 5.96. The van der Waals surface area contributed by atoms with Gasteiger partial charge in [0, 0.05) is 54.6 Å². The van der Waals surface area contributed by atoms with Crippen LogP contribution in [-0.4, -0.2) is 59.5 Å². The lowest BCUT2D eigenvalue weighted by Crippen LogP contribution is -2.52. The number of aromatic nitrogens is 2. The van der Waals surface area contributed by atoms with Crippen molar-refractivity contribution in [3.05, 3.63) is 65.7 Å². The molecule has 1 aliphatic heterocycles. The summed E-state index contributed by atoms with van der Waals surface area (Å²) in [5, 5.41) is 13.5. The van der Waals surface area contributed by atoms with Crippen LogP contribution in [0.5, 0.6) is 5.75 Å². The minimum absolute atomic E-state index is 0.0127. The summed E-state index contributed by atoms with van der Waals surface area (Å²) in [5.41, 5.74) is 4.53. The van der Waals surface area contributed by atoms with Gasteiger partial charge in [0.05, 0.1) is 25.3 Å². The predicted molar refractivity (Wildman–Crippen MR) is 193 cm³/mol. The Morgan fingerprint density at radius 2 is 1.75 bits per heavy atom. The number of aryl methyl sites for hydroxylation is 1. The number of hydrogen-bond acceptors (Lipinski definition) is 6. The molecule has 0 spiro atoms. The second-order valence-electron chi connectivity index (χ2n) is 15.9. The lowest BCUT2D eigenvalue weighted by Gasteiger charge is -2.55. The van der Waals surface area contributed by atoms with E-state index in [0.29, 0.717) is 56.4 Å². The number of halogens is 1. The van der Waals surface area contributed by atoms with Gasteiger partial charge < -0.3 is 19.3 Å². The summed E-state index contributed by atoms with van der Waals surface area (Å²) in [6.07, 6.45) is 11.7. The number of amides is 2. The number of carbonyl (C=O) groups is 2. The lowest BCUT2D eigenvalue weighted by atomic mass is 9.51. The average molecular weight is 696 g/mol. The Morgan fingerprint density at radius 1 is 1.04 bits per heavy atom. The van der Waals surface area contributed by atoms with Gasteiger partial charge in [0.1, 0.15) is 17.7 Å². The minimum Gasteiger partial charge on any atom is -0.496 e. The molecule has 4 saturated carbocycles. The highest BCUT2D eigenvalue weighted by atomic mass is 19.1. The first-order valence-electron chi connectivity index (χ1n) is 18.7. The molecule has 0 unspecified atom stereocenters. The Morgan fingerprint density at radius 3 is 2.35 bits per heavy atom. The Labute approximate surface area is 300 Å². The molecule has 4 aliphatic carbocycles. The molecule has 2 bridgehead atoms. The second-order valence-corrected chi connectivity index (χ2v) is 15.9. The fourth-order valence-electron chi connectivity index (χ4n) is 9.01. The van der Waals surface area contributed by atoms with Gasteiger partial charge in [-0.1, -0.05) is 12.1 Å². The summed E-state index contributed by atoms with van der Waals surface area (Å²) >= 11 is 0. The summed E-state index contributed by atoms with van der Waals surface area (Å²) in [7, 11) is 1.72. The van der Waals surface area contributed by atoms with E-state index in [1.54, 1.807) is 24.3 Å². The number of rotatable bonds is 9. The van der Waals surface area contributed by atoms with Crippen LogP contribution in [0.25, 0.3) is 11.1 Å². The van der Waals surface area contributed by atoms with Crippen LogP contribution in [0.2, 0.25) is 0 Å². The van der Waals surface area contributed by atoms with Crippen molar-refractivity contribution in [1.29, 1.82) is 5.26 Å². The highest BCUT2D eigenvalue weighted by Crippen LogP contribution is 2.58. The van der Waals surface area contributed by atoms with Gasteiger partial charge in [-0.15, -0.1) is 0 Å². The molecule has 10 heteroatoms. The van der Waals surface area contributed by atoms with Gasteiger partial charge in [0.25, 0.3) is 0 Å². The average Bonchev–Trinajstić information content (AvgIpc) is 3.62. The third kappa shape index (κ3) is 6.84. The number of nitrogens with zero attached hydrogens (tertiary/aromatic N) is 5. The van der Waals surface area contributed by atoms with Crippen molar-refractivity contribution in [3.63, 3.8) is 0 Å². The number of carbonyl (C=O) groups excluding carboxylic acids is 2. The van der Waals surface area contributed by atoms with Crippen molar-refractivity contribution in [1.82, 2.24) is 14.7 Å². The number of hydrogen-bond donors (Lipinski definition) is 0. The molecular weight excluding hydrogens is 645 g/mol. The fraction of sp³-hybridized carbons (Fsp3) is 0.561. The van der Waals surface area contributed by atoms with Gasteiger partial charge in [0.15, 0.2) is 0 Å². The first-order valence-corrected chi connectivity index (χ1v) is 18.7. The largest absolute Gasteiger partial charge is 0.496 e. The molecule has 270 valence electrons. The van der Waals surface area contributed by atoms with Crippen LogP contribution >= 0.6 is 0 Å². The molecule has 5 fully saturated rings. The maximum atomic E-state index is 15.4. The summed E-state index contributed by atoms with van der Waals surface area (Å²) in [4.78, 5) is 30.8. The molecule has 2 heterocycles. The number of methoxy groups -OCH3 is 1. The molecule has 0 radical (unpaired) electrons. The van der Waals surface area contributed by atoms with E-state index in [4.69, 9.17) is 14.7 Å². The first-order chi connectivity index (χ1) is 24.5. The monoisotopic (exact) mass is 695 g/mol. The number of ether oxygens (including phenoxy) is 2. The second kappa shape index (κ2) is 14.0. The zero-order chi connectivity index (χ0) is 35.9. The van der Waals surface area contributed by atoms with Crippen molar-refractivity contribution in [2.24, 2.45) is 17.3 Å². The van der Waals surface area contributed by atoms with Crippen LogP contribution in [0.3, 0.4) is 0 Å². The van der Waals surface area contributed by atoms with E-state index >= 15 is 4.39 Å². The number of anilines is 1. The van der Waals surface area contributed by atoms with Gasteiger partial charge in [-0.2, -0.15) is 10.4 Å². The van der Waals surface area contributed by atoms with Gasteiger partial charge in [-0.25, -0.2) is 9.18 Å². The Balaban J connectivity index is 1.11. The number of fused-ring (bicyclic) bond motifs is 3. The molecule has 1 aromatic heterocycles. The molecule has 3 aromatic rings. The Bertz CT molecular complexity index is 1790. The van der Waals surface area contributed by atoms with E-state index < -0.39 is 0 Å². The summed E-state index contributed by atoms with van der Waals surface area (Å²) in [5.74, 6) is 0.309. The Hall–Kier alpha value is -4.39. The minimum atomic E-state index is -0.368. The number of benzene rings is 2. The van der Waals surface area contributed by atoms with Gasteiger partial charge in [-0.05, 0) is 131 Å². The van der Waals surface area contributed by atoms with Gasteiger partial charge in [0.2, 0.25) is 5.91 Å². The molecule has 1 saturated heterocycles. The maximum Gasteiger partial charge on any atom is 0.410 e. The van der Waals surface area contributed by atoms with Crippen LogP contribution in [0.1, 0.15) is 95.2 Å². The van der Waals surface area contributed by atoms with Crippen LogP contribution in [-0.2, 0) is 14.9 Å². The standard InChI is InChI=1S/C41H50FN5O4/c1-27(2)47-25-31(22-44-47)35-20-33(8-11-36(35)42)46(38(48)30-5-9-34(10-6-30)51-39(49)45-23-29(21-43)24-45)26-40-13-16-41(17-14-40,18-15-40)32-7-12-37(50-4)28(3)19-32/h7-8,11-12,19-20,22,25,27,29-30,34H,5-6,9-10,13-18,23-24,26H2,1-4H3. The first kappa shape index (κ1) is 35.0. The molecule has 2 amide bonds. The van der Waals surface area contributed by atoms with Crippen LogP contribution in [0.15, 0.2) is 48.8 Å². The van der Waals surface area contributed by atoms with Crippen molar-refractivity contribution < 1.29 is 23.5 Å². The third-order valence-electron chi connectivity index (χ3n) is 12.5. The number of nitriles is 1. The van der Waals surface area contributed by atoms with E-state index in [1.165, 1.54) is 11.6 Å². The van der Waals surface area contributed by atoms with Crippen LogP contribution in [0.4, 0.5) is 14.9 Å². The highest BCUT2D eigenvalue weighted by Gasteiger charge is 2.51. The summed E-state index contributed by atoms with van der Waals surface area (Å²) < 4.78 is 28.6. The van der Waals surface area contributed by atoms with E-state index in [2.05, 4.69) is 36.3 Å². The quantitative estimate of drug-likeness (QED) is 0.223. The molecule has 51 heavy (non-hydrogen) atoms. The molecule has 8 rings (SSSR count). The zero-order valence-corrected chi connectivity index (χ0v) is 30.4. The molecule has 5 aliphatic rings. The summed E-state index contributed by atoms with van der Waals surface area (Å²) in [6, 6.07) is 14.0. The molecule has 2 aromatic carbocycles. The maximum absolute atomic E-state index is 15.4. The molecular formula is C41H50FN5O4. The lowest BCUT2D eigenvalue weighted by molar-refractivity contribution is -0.124. The fourth-order valence-corrected chi connectivity index (χ4v) is 9.01. The van der Waals surface area contributed by atoms with Crippen molar-refractivity contribution in [3.8, 4) is 22.9 Å². The third-order valence-corrected chi connectivity index (χ3v) is 12.5. The predicted octanol–water partition coefficient (Wildman–Crippen LogP) is 8.36. The van der Waals surface area contributed by atoms with Crippen LogP contribution < -0.4 is 9.64 Å². The van der Waals surface area contributed by atoms with Gasteiger partial charge >= 0.3 is 6.09 Å². The van der Waals surface area contributed by atoms with Crippen molar-refractivity contribution >= 4 is 17.7 Å². The zero-order valence-electron chi connectivity index (χ0n) is 30.4. The smallest absolute Gasteiger partial charge is 0.410 e. The Kier molecular flexibility index (Phi) is 9.59.